The van der Waals surface area contributed by atoms with Crippen molar-refractivity contribution < 1.29 is 0 Å². The first-order valence-electron chi connectivity index (χ1n) is 6.96. The normalized spacial score (nSPS) is 15.2. The maximum atomic E-state index is 5.84. The lowest BCUT2D eigenvalue weighted by Gasteiger charge is -2.22. The molecule has 0 saturated heterocycles. The highest BCUT2D eigenvalue weighted by molar-refractivity contribution is 7.99. The molecule has 1 saturated carbocycles. The van der Waals surface area contributed by atoms with Crippen LogP contribution in [0.1, 0.15) is 31.7 Å². The van der Waals surface area contributed by atoms with Crippen LogP contribution in [0.4, 0.5) is 5.69 Å². The van der Waals surface area contributed by atoms with E-state index in [1.54, 1.807) is 0 Å². The number of thioether (sulfide) groups is 1. The molecule has 0 unspecified atom stereocenters. The van der Waals surface area contributed by atoms with Crippen LogP contribution in [-0.2, 0) is 6.54 Å². The largest absolute Gasteiger partial charge is 0.399 e. The van der Waals surface area contributed by atoms with Crippen LogP contribution in [0, 0.1) is 0 Å². The van der Waals surface area contributed by atoms with Gasteiger partial charge in [-0.05, 0) is 55.0 Å². The van der Waals surface area contributed by atoms with Crippen molar-refractivity contribution in [2.75, 3.05) is 23.8 Å². The molecular weight excluding hydrogens is 240 g/mol. The van der Waals surface area contributed by atoms with Crippen molar-refractivity contribution in [2.24, 2.45) is 0 Å². The second kappa shape index (κ2) is 7.05. The predicted molar refractivity (Wildman–Crippen MR) is 81.9 cm³/mol. The zero-order chi connectivity index (χ0) is 12.8. The van der Waals surface area contributed by atoms with E-state index in [0.29, 0.717) is 0 Å². The summed E-state index contributed by atoms with van der Waals surface area (Å²) < 4.78 is 0. The van der Waals surface area contributed by atoms with Crippen molar-refractivity contribution in [3.05, 3.63) is 29.8 Å². The van der Waals surface area contributed by atoms with Gasteiger partial charge in [-0.15, -0.1) is 0 Å². The Hall–Kier alpha value is -0.670. The smallest absolute Gasteiger partial charge is 0.0317 e. The Morgan fingerprint density at radius 3 is 2.89 bits per heavy atom. The number of anilines is 1. The molecule has 0 heterocycles. The van der Waals surface area contributed by atoms with Crippen LogP contribution in [0.2, 0.25) is 0 Å². The van der Waals surface area contributed by atoms with E-state index in [9.17, 15) is 0 Å². The lowest BCUT2D eigenvalue weighted by molar-refractivity contribution is 0.256. The van der Waals surface area contributed by atoms with Crippen molar-refractivity contribution in [3.63, 3.8) is 0 Å². The number of nitrogens with two attached hydrogens (primary N) is 1. The number of hydrogen-bond acceptors (Lipinski definition) is 3. The van der Waals surface area contributed by atoms with Crippen molar-refractivity contribution in [3.8, 4) is 0 Å². The molecule has 0 spiro atoms. The first-order valence-corrected chi connectivity index (χ1v) is 8.11. The fourth-order valence-corrected chi connectivity index (χ4v) is 2.89. The zero-order valence-electron chi connectivity index (χ0n) is 11.3. The topological polar surface area (TPSA) is 29.3 Å². The van der Waals surface area contributed by atoms with Gasteiger partial charge in [0.15, 0.2) is 0 Å². The van der Waals surface area contributed by atoms with E-state index in [4.69, 9.17) is 5.73 Å². The van der Waals surface area contributed by atoms with Crippen molar-refractivity contribution in [1.29, 1.82) is 0 Å². The molecule has 1 aromatic carbocycles. The van der Waals surface area contributed by atoms with Gasteiger partial charge < -0.3 is 5.73 Å². The molecule has 0 atom stereocenters. The first kappa shape index (κ1) is 13.8. The fourth-order valence-electron chi connectivity index (χ4n) is 2.27. The van der Waals surface area contributed by atoms with Crippen LogP contribution in [-0.4, -0.2) is 29.0 Å². The van der Waals surface area contributed by atoms with E-state index in [-0.39, 0.29) is 0 Å². The molecule has 0 aliphatic heterocycles. The molecule has 2 rings (SSSR count). The van der Waals surface area contributed by atoms with Gasteiger partial charge in [0.1, 0.15) is 0 Å². The van der Waals surface area contributed by atoms with Crippen LogP contribution >= 0.6 is 11.8 Å². The van der Waals surface area contributed by atoms with Crippen LogP contribution in [0.5, 0.6) is 0 Å². The maximum Gasteiger partial charge on any atom is 0.0317 e. The second-order valence-corrected chi connectivity index (χ2v) is 6.39. The summed E-state index contributed by atoms with van der Waals surface area (Å²) in [6.45, 7) is 4.52. The lowest BCUT2D eigenvalue weighted by atomic mass is 10.2. The molecule has 2 nitrogen and oxygen atoms in total. The summed E-state index contributed by atoms with van der Waals surface area (Å²) in [5.41, 5.74) is 8.08. The van der Waals surface area contributed by atoms with Crippen LogP contribution in [0.15, 0.2) is 24.3 Å². The van der Waals surface area contributed by atoms with Crippen LogP contribution in [0.3, 0.4) is 0 Å². The van der Waals surface area contributed by atoms with Gasteiger partial charge in [0, 0.05) is 18.3 Å². The number of nitrogens with zero attached hydrogens (tertiary/aromatic N) is 1. The molecular formula is C15H24N2S. The Kier molecular flexibility index (Phi) is 5.39. The van der Waals surface area contributed by atoms with E-state index < -0.39 is 0 Å². The van der Waals surface area contributed by atoms with Crippen molar-refractivity contribution in [2.45, 2.75) is 38.8 Å². The van der Waals surface area contributed by atoms with E-state index in [1.165, 1.54) is 42.9 Å². The predicted octanol–water partition coefficient (Wildman–Crippen LogP) is 3.38. The Labute approximate surface area is 115 Å². The Bertz CT molecular complexity index is 363. The minimum atomic E-state index is 0.832. The van der Waals surface area contributed by atoms with Gasteiger partial charge >= 0.3 is 0 Å². The van der Waals surface area contributed by atoms with E-state index in [0.717, 1.165) is 18.3 Å². The zero-order valence-corrected chi connectivity index (χ0v) is 12.1. The molecule has 100 valence electrons. The molecule has 2 N–H and O–H groups in total. The molecule has 0 aromatic heterocycles. The van der Waals surface area contributed by atoms with Gasteiger partial charge in [-0.1, -0.05) is 19.1 Å². The Morgan fingerprint density at radius 1 is 1.39 bits per heavy atom. The van der Waals surface area contributed by atoms with Gasteiger partial charge in [0.2, 0.25) is 0 Å². The highest BCUT2D eigenvalue weighted by Gasteiger charge is 2.28. The average Bonchev–Trinajstić information content (AvgIpc) is 3.17. The molecule has 0 amide bonds. The summed E-state index contributed by atoms with van der Waals surface area (Å²) in [6, 6.07) is 9.15. The number of rotatable bonds is 8. The van der Waals surface area contributed by atoms with Crippen molar-refractivity contribution in [1.82, 2.24) is 4.90 Å². The summed E-state index contributed by atoms with van der Waals surface area (Å²) in [7, 11) is 0. The second-order valence-electron chi connectivity index (χ2n) is 5.00. The third kappa shape index (κ3) is 4.54. The Balaban J connectivity index is 1.82. The molecule has 1 aliphatic rings. The minimum absolute atomic E-state index is 0.832. The first-order chi connectivity index (χ1) is 8.79. The van der Waals surface area contributed by atoms with Gasteiger partial charge in [0.25, 0.3) is 0 Å². The summed E-state index contributed by atoms with van der Waals surface area (Å²) >= 11 is 2.04. The van der Waals surface area contributed by atoms with Gasteiger partial charge in [0.05, 0.1) is 0 Å². The summed E-state index contributed by atoms with van der Waals surface area (Å²) in [4.78, 5) is 2.63. The van der Waals surface area contributed by atoms with E-state index in [1.807, 2.05) is 17.8 Å². The Morgan fingerprint density at radius 2 is 2.22 bits per heavy atom. The van der Waals surface area contributed by atoms with E-state index in [2.05, 4.69) is 30.0 Å². The minimum Gasteiger partial charge on any atom is -0.399 e. The average molecular weight is 264 g/mol. The number of hydrogen-bond donors (Lipinski definition) is 1. The van der Waals surface area contributed by atoms with E-state index >= 15 is 0 Å². The lowest BCUT2D eigenvalue weighted by Crippen LogP contribution is -2.27. The quantitative estimate of drug-likeness (QED) is 0.576. The maximum absolute atomic E-state index is 5.84. The highest BCUT2D eigenvalue weighted by Crippen LogP contribution is 2.28. The number of benzene rings is 1. The molecule has 1 fully saturated rings. The molecule has 18 heavy (non-hydrogen) atoms. The van der Waals surface area contributed by atoms with Gasteiger partial charge in [-0.3, -0.25) is 4.90 Å². The van der Waals surface area contributed by atoms with Crippen LogP contribution in [0.25, 0.3) is 0 Å². The highest BCUT2D eigenvalue weighted by atomic mass is 32.2. The molecule has 1 aromatic rings. The monoisotopic (exact) mass is 264 g/mol. The van der Waals surface area contributed by atoms with Crippen molar-refractivity contribution >= 4 is 17.4 Å². The molecule has 3 heteroatoms. The third-order valence-corrected chi connectivity index (χ3v) is 4.32. The third-order valence-electron chi connectivity index (χ3n) is 3.34. The van der Waals surface area contributed by atoms with Crippen LogP contribution < -0.4 is 5.73 Å². The molecule has 0 bridgehead atoms. The summed E-state index contributed by atoms with van der Waals surface area (Å²) in [6.07, 6.45) is 4.06. The SMILES string of the molecule is CCSCCCN(Cc1cccc(N)c1)C1CC1. The van der Waals surface area contributed by atoms with Gasteiger partial charge in [-0.2, -0.15) is 11.8 Å². The fraction of sp³-hybridized carbons (Fsp3) is 0.600. The standard InChI is InChI=1S/C15H24N2S/c1-2-18-10-4-9-17(15-7-8-15)12-13-5-3-6-14(16)11-13/h3,5-6,11,15H,2,4,7-10,12,16H2,1H3. The summed E-state index contributed by atoms with van der Waals surface area (Å²) in [5.74, 6) is 2.52. The molecule has 1 aliphatic carbocycles. The number of nitrogen functional groups attached to an aromatic ring is 1. The van der Waals surface area contributed by atoms with Gasteiger partial charge in [-0.25, -0.2) is 0 Å². The molecule has 0 radical (unpaired) electrons. The summed E-state index contributed by atoms with van der Waals surface area (Å²) in [5, 5.41) is 0.